The molecule has 0 atom stereocenters. The molecule has 28 heavy (non-hydrogen) atoms. The van der Waals surface area contributed by atoms with E-state index in [-0.39, 0.29) is 12.3 Å². The van der Waals surface area contributed by atoms with Crippen LogP contribution in [0.4, 0.5) is 5.69 Å². The number of rotatable bonds is 7. The molecule has 0 saturated carbocycles. The smallest absolute Gasteiger partial charge is 0.228 e. The van der Waals surface area contributed by atoms with Gasteiger partial charge >= 0.3 is 0 Å². The molecule has 0 spiro atoms. The number of nitrogens with one attached hydrogen (secondary N) is 1. The van der Waals surface area contributed by atoms with Crippen molar-refractivity contribution in [2.24, 2.45) is 0 Å². The molecule has 0 bridgehead atoms. The first-order valence-electron chi connectivity index (χ1n) is 8.57. The number of methoxy groups -OCH3 is 3. The Labute approximate surface area is 168 Å². The molecule has 0 unspecified atom stereocenters. The fourth-order valence-corrected chi connectivity index (χ4v) is 3.10. The lowest BCUT2D eigenvalue weighted by atomic mass is 10.1. The van der Waals surface area contributed by atoms with Gasteiger partial charge in [0.15, 0.2) is 11.5 Å². The number of halogens is 1. The van der Waals surface area contributed by atoms with E-state index in [1.807, 2.05) is 29.1 Å². The SMILES string of the molecule is COc1cc(CC(=O)Nc2ccc(Cl)cc2-n2cccc2)cc(OC)c1OC. The largest absolute Gasteiger partial charge is 0.493 e. The minimum absolute atomic E-state index is 0.143. The predicted octanol–water partition coefficient (Wildman–Crippen LogP) is 4.34. The number of carbonyl (C=O) groups excluding carboxylic acids is 1. The van der Waals surface area contributed by atoms with Gasteiger partial charge in [0, 0.05) is 17.4 Å². The van der Waals surface area contributed by atoms with E-state index in [0.717, 1.165) is 11.3 Å². The molecular weight excluding hydrogens is 380 g/mol. The Kier molecular flexibility index (Phi) is 6.11. The van der Waals surface area contributed by atoms with Gasteiger partial charge in [-0.3, -0.25) is 4.79 Å². The summed E-state index contributed by atoms with van der Waals surface area (Å²) in [5.74, 6) is 1.32. The molecule has 7 heteroatoms. The fourth-order valence-electron chi connectivity index (χ4n) is 2.94. The summed E-state index contributed by atoms with van der Waals surface area (Å²) in [5, 5.41) is 3.54. The zero-order chi connectivity index (χ0) is 20.1. The quantitative estimate of drug-likeness (QED) is 0.641. The van der Waals surface area contributed by atoms with Crippen molar-refractivity contribution in [2.45, 2.75) is 6.42 Å². The van der Waals surface area contributed by atoms with E-state index in [4.69, 9.17) is 25.8 Å². The van der Waals surface area contributed by atoms with Gasteiger partial charge in [0.2, 0.25) is 11.7 Å². The molecule has 1 amide bonds. The van der Waals surface area contributed by atoms with Crippen LogP contribution in [0.15, 0.2) is 54.9 Å². The van der Waals surface area contributed by atoms with Gasteiger partial charge in [-0.1, -0.05) is 11.6 Å². The summed E-state index contributed by atoms with van der Waals surface area (Å²) in [6, 6.07) is 12.7. The Bertz CT molecular complexity index is 946. The number of benzene rings is 2. The lowest BCUT2D eigenvalue weighted by molar-refractivity contribution is -0.115. The maximum absolute atomic E-state index is 12.7. The van der Waals surface area contributed by atoms with Crippen molar-refractivity contribution in [3.8, 4) is 22.9 Å². The molecule has 1 N–H and O–H groups in total. The first kappa shape index (κ1) is 19.6. The van der Waals surface area contributed by atoms with Crippen LogP contribution in [-0.2, 0) is 11.2 Å². The fraction of sp³-hybridized carbons (Fsp3) is 0.190. The number of aromatic nitrogens is 1. The molecule has 0 saturated heterocycles. The van der Waals surface area contributed by atoms with Crippen LogP contribution in [0, 0.1) is 0 Å². The molecule has 1 aromatic heterocycles. The maximum atomic E-state index is 12.7. The Morgan fingerprint density at radius 1 is 1.00 bits per heavy atom. The zero-order valence-electron chi connectivity index (χ0n) is 15.9. The molecule has 3 rings (SSSR count). The Balaban J connectivity index is 1.84. The summed E-state index contributed by atoms with van der Waals surface area (Å²) in [5.41, 5.74) is 2.19. The van der Waals surface area contributed by atoms with Gasteiger partial charge < -0.3 is 24.1 Å². The van der Waals surface area contributed by atoms with Gasteiger partial charge in [-0.05, 0) is 48.0 Å². The van der Waals surface area contributed by atoms with Crippen molar-refractivity contribution in [1.82, 2.24) is 4.57 Å². The normalized spacial score (nSPS) is 10.4. The van der Waals surface area contributed by atoms with E-state index in [2.05, 4.69) is 5.32 Å². The Morgan fingerprint density at radius 3 is 2.21 bits per heavy atom. The van der Waals surface area contributed by atoms with Crippen LogP contribution >= 0.6 is 11.6 Å². The van der Waals surface area contributed by atoms with E-state index in [1.165, 1.54) is 21.3 Å². The van der Waals surface area contributed by atoms with E-state index >= 15 is 0 Å². The summed E-state index contributed by atoms with van der Waals surface area (Å²) in [7, 11) is 4.62. The number of carbonyl (C=O) groups is 1. The van der Waals surface area contributed by atoms with Crippen LogP contribution in [0.2, 0.25) is 5.02 Å². The minimum atomic E-state index is -0.176. The molecule has 0 aliphatic carbocycles. The predicted molar refractivity (Wildman–Crippen MR) is 109 cm³/mol. The summed E-state index contributed by atoms with van der Waals surface area (Å²) in [6.07, 6.45) is 3.92. The summed E-state index contributed by atoms with van der Waals surface area (Å²) in [6.45, 7) is 0. The molecule has 1 heterocycles. The molecular formula is C21H21ClN2O4. The molecule has 0 aliphatic rings. The monoisotopic (exact) mass is 400 g/mol. The Morgan fingerprint density at radius 2 is 1.64 bits per heavy atom. The summed E-state index contributed by atoms with van der Waals surface area (Å²) in [4.78, 5) is 12.7. The molecule has 0 radical (unpaired) electrons. The van der Waals surface area contributed by atoms with Gasteiger partial charge in [-0.25, -0.2) is 0 Å². The molecule has 3 aromatic rings. The second-order valence-corrected chi connectivity index (χ2v) is 6.45. The number of hydrogen-bond acceptors (Lipinski definition) is 4. The van der Waals surface area contributed by atoms with Crippen molar-refractivity contribution in [1.29, 1.82) is 0 Å². The van der Waals surface area contributed by atoms with E-state index in [9.17, 15) is 4.79 Å². The third kappa shape index (κ3) is 4.23. The number of amides is 1. The number of anilines is 1. The lowest BCUT2D eigenvalue weighted by Crippen LogP contribution is -2.16. The highest BCUT2D eigenvalue weighted by Gasteiger charge is 2.16. The highest BCUT2D eigenvalue weighted by Crippen LogP contribution is 2.38. The lowest BCUT2D eigenvalue weighted by Gasteiger charge is -2.15. The summed E-state index contributed by atoms with van der Waals surface area (Å²) < 4.78 is 17.9. The average Bonchev–Trinajstić information content (AvgIpc) is 3.23. The number of ether oxygens (including phenoxy) is 3. The highest BCUT2D eigenvalue weighted by atomic mass is 35.5. The standard InChI is InChI=1S/C21H21ClN2O4/c1-26-18-10-14(11-19(27-2)21(18)28-3)12-20(25)23-16-7-6-15(22)13-17(16)24-8-4-5-9-24/h4-11,13H,12H2,1-3H3,(H,23,25). The van der Waals surface area contributed by atoms with E-state index in [1.54, 1.807) is 30.3 Å². The third-order valence-electron chi connectivity index (χ3n) is 4.21. The first-order valence-corrected chi connectivity index (χ1v) is 8.95. The maximum Gasteiger partial charge on any atom is 0.228 e. The second kappa shape index (κ2) is 8.71. The van der Waals surface area contributed by atoms with Crippen LogP contribution in [0.1, 0.15) is 5.56 Å². The van der Waals surface area contributed by atoms with Crippen LogP contribution in [-0.4, -0.2) is 31.8 Å². The van der Waals surface area contributed by atoms with Crippen molar-refractivity contribution < 1.29 is 19.0 Å². The van der Waals surface area contributed by atoms with Gasteiger partial charge in [-0.2, -0.15) is 0 Å². The second-order valence-electron chi connectivity index (χ2n) is 6.01. The first-order chi connectivity index (χ1) is 13.5. The summed E-state index contributed by atoms with van der Waals surface area (Å²) >= 11 is 6.13. The topological polar surface area (TPSA) is 61.7 Å². The highest BCUT2D eigenvalue weighted by molar-refractivity contribution is 6.31. The number of nitrogens with zero attached hydrogens (tertiary/aromatic N) is 1. The van der Waals surface area contributed by atoms with Crippen molar-refractivity contribution in [2.75, 3.05) is 26.6 Å². The van der Waals surface area contributed by atoms with Crippen LogP contribution in [0.3, 0.4) is 0 Å². The average molecular weight is 401 g/mol. The van der Waals surface area contributed by atoms with Gasteiger partial charge in [0.25, 0.3) is 0 Å². The van der Waals surface area contributed by atoms with Crippen molar-refractivity contribution in [3.05, 3.63) is 65.4 Å². The van der Waals surface area contributed by atoms with Gasteiger partial charge in [0.05, 0.1) is 39.1 Å². The van der Waals surface area contributed by atoms with E-state index < -0.39 is 0 Å². The third-order valence-corrected chi connectivity index (χ3v) is 4.44. The number of hydrogen-bond donors (Lipinski definition) is 1. The molecule has 146 valence electrons. The molecule has 0 aliphatic heterocycles. The molecule has 2 aromatic carbocycles. The van der Waals surface area contributed by atoms with Crippen LogP contribution in [0.25, 0.3) is 5.69 Å². The minimum Gasteiger partial charge on any atom is -0.493 e. The molecule has 0 fully saturated rings. The van der Waals surface area contributed by atoms with Crippen molar-refractivity contribution in [3.63, 3.8) is 0 Å². The van der Waals surface area contributed by atoms with Crippen molar-refractivity contribution >= 4 is 23.2 Å². The van der Waals surface area contributed by atoms with E-state index in [0.29, 0.717) is 28.0 Å². The van der Waals surface area contributed by atoms with Gasteiger partial charge in [0.1, 0.15) is 0 Å². The zero-order valence-corrected chi connectivity index (χ0v) is 16.6. The van der Waals surface area contributed by atoms with Crippen LogP contribution in [0.5, 0.6) is 17.2 Å². The van der Waals surface area contributed by atoms with Crippen LogP contribution < -0.4 is 19.5 Å². The van der Waals surface area contributed by atoms with Gasteiger partial charge in [-0.15, -0.1) is 0 Å². The Hall–Kier alpha value is -3.12. The molecule has 6 nitrogen and oxygen atoms in total.